The largest absolute Gasteiger partial charge is 0.480 e. The highest BCUT2D eigenvalue weighted by Crippen LogP contribution is 2.20. The molecule has 2 rings (SSSR count). The Balaban J connectivity index is 1.74. The van der Waals surface area contributed by atoms with E-state index in [1.54, 1.807) is 0 Å². The normalized spacial score (nSPS) is 16.5. The maximum atomic E-state index is 11.7. The molecule has 6 heteroatoms. The van der Waals surface area contributed by atoms with Crippen molar-refractivity contribution in [2.24, 2.45) is 0 Å². The maximum Gasteiger partial charge on any atom is 0.408 e. The minimum atomic E-state index is -1.13. The summed E-state index contributed by atoms with van der Waals surface area (Å²) in [6, 6.07) is 8.11. The molecule has 1 aliphatic rings. The maximum absolute atomic E-state index is 11.7. The van der Waals surface area contributed by atoms with Gasteiger partial charge in [-0.25, -0.2) is 9.59 Å². The van der Waals surface area contributed by atoms with Gasteiger partial charge in [0.1, 0.15) is 6.61 Å². The Morgan fingerprint density at radius 1 is 1.17 bits per heavy atom. The molecular weight excluding hydrogens is 298 g/mol. The molecule has 1 atom stereocenters. The first kappa shape index (κ1) is 17.3. The lowest BCUT2D eigenvalue weighted by Crippen LogP contribution is -2.45. The van der Waals surface area contributed by atoms with E-state index in [0.29, 0.717) is 0 Å². The van der Waals surface area contributed by atoms with Gasteiger partial charge in [-0.15, -0.1) is 0 Å². The molecule has 126 valence electrons. The number of aliphatic carboxylic acids is 1. The monoisotopic (exact) mass is 321 g/mol. The molecule has 0 aromatic heterocycles. The van der Waals surface area contributed by atoms with Gasteiger partial charge in [0.15, 0.2) is 6.04 Å². The van der Waals surface area contributed by atoms with Crippen LogP contribution in [0.5, 0.6) is 0 Å². The van der Waals surface area contributed by atoms with Crippen molar-refractivity contribution in [3.05, 3.63) is 35.9 Å². The molecule has 1 fully saturated rings. The molecule has 6 nitrogen and oxygen atoms in total. The quantitative estimate of drug-likeness (QED) is 0.806. The van der Waals surface area contributed by atoms with Gasteiger partial charge in [-0.3, -0.25) is 0 Å². The fourth-order valence-electron chi connectivity index (χ4n) is 2.55. The van der Waals surface area contributed by atoms with E-state index in [2.05, 4.69) is 5.32 Å². The summed E-state index contributed by atoms with van der Waals surface area (Å²) in [5.74, 6) is -1.13. The van der Waals surface area contributed by atoms with Crippen LogP contribution in [0.3, 0.4) is 0 Å². The van der Waals surface area contributed by atoms with E-state index < -0.39 is 18.1 Å². The van der Waals surface area contributed by atoms with Gasteiger partial charge in [0.25, 0.3) is 0 Å². The number of hydrogen-bond donors (Lipinski definition) is 2. The third-order valence-corrected chi connectivity index (χ3v) is 3.85. The molecule has 0 heterocycles. The highest BCUT2D eigenvalue weighted by Gasteiger charge is 2.23. The molecular formula is C17H23NO5. The zero-order valence-corrected chi connectivity index (χ0v) is 13.1. The average molecular weight is 321 g/mol. The van der Waals surface area contributed by atoms with Crippen LogP contribution in [0.4, 0.5) is 4.79 Å². The molecule has 1 saturated carbocycles. The van der Waals surface area contributed by atoms with Gasteiger partial charge in [0.05, 0.1) is 12.7 Å². The lowest BCUT2D eigenvalue weighted by Gasteiger charge is -2.24. The number of benzene rings is 1. The van der Waals surface area contributed by atoms with E-state index in [1.165, 1.54) is 6.42 Å². The first-order chi connectivity index (χ1) is 11.1. The predicted octanol–water partition coefficient (Wildman–Crippen LogP) is 2.72. The topological polar surface area (TPSA) is 84.9 Å². The van der Waals surface area contributed by atoms with Crippen molar-refractivity contribution in [3.63, 3.8) is 0 Å². The van der Waals surface area contributed by atoms with Gasteiger partial charge in [0.2, 0.25) is 0 Å². The van der Waals surface area contributed by atoms with Crippen LogP contribution in [0.25, 0.3) is 0 Å². The second kappa shape index (κ2) is 9.15. The molecule has 2 N–H and O–H groups in total. The molecule has 0 spiro atoms. The van der Waals surface area contributed by atoms with Crippen molar-refractivity contribution < 1.29 is 24.2 Å². The van der Waals surface area contributed by atoms with Crippen molar-refractivity contribution in [2.75, 3.05) is 6.61 Å². The second-order valence-electron chi connectivity index (χ2n) is 5.69. The Morgan fingerprint density at radius 3 is 2.52 bits per heavy atom. The predicted molar refractivity (Wildman–Crippen MR) is 84.0 cm³/mol. The van der Waals surface area contributed by atoms with E-state index in [-0.39, 0.29) is 19.3 Å². The number of alkyl carbamates (subject to hydrolysis) is 1. The summed E-state index contributed by atoms with van der Waals surface area (Å²) in [5.41, 5.74) is 0.841. The highest BCUT2D eigenvalue weighted by molar-refractivity contribution is 5.80. The molecule has 0 bridgehead atoms. The summed E-state index contributed by atoms with van der Waals surface area (Å²) >= 11 is 0. The van der Waals surface area contributed by atoms with Crippen LogP contribution in [0.2, 0.25) is 0 Å². The van der Waals surface area contributed by atoms with Crippen LogP contribution in [0.1, 0.15) is 37.7 Å². The van der Waals surface area contributed by atoms with Crippen LogP contribution < -0.4 is 5.32 Å². The number of carbonyl (C=O) groups is 2. The third kappa shape index (κ3) is 6.28. The van der Waals surface area contributed by atoms with Crippen molar-refractivity contribution in [2.45, 2.75) is 50.9 Å². The summed E-state index contributed by atoms with van der Waals surface area (Å²) in [7, 11) is 0. The first-order valence-electron chi connectivity index (χ1n) is 7.97. The molecule has 1 unspecified atom stereocenters. The van der Waals surface area contributed by atoms with Crippen molar-refractivity contribution in [1.29, 1.82) is 0 Å². The smallest absolute Gasteiger partial charge is 0.408 e. The highest BCUT2D eigenvalue weighted by atomic mass is 16.5. The van der Waals surface area contributed by atoms with Gasteiger partial charge in [-0.05, 0) is 18.4 Å². The fraction of sp³-hybridized carbons (Fsp3) is 0.529. The van der Waals surface area contributed by atoms with Gasteiger partial charge in [0, 0.05) is 0 Å². The van der Waals surface area contributed by atoms with Gasteiger partial charge in [-0.2, -0.15) is 0 Å². The Labute approximate surface area is 135 Å². The molecule has 0 aliphatic heterocycles. The summed E-state index contributed by atoms with van der Waals surface area (Å²) in [5, 5.41) is 11.5. The number of carboxylic acids is 1. The standard InChI is InChI=1S/C17H23NO5/c19-16(20)15(12-22-14-9-5-2-6-10-14)18-17(21)23-11-13-7-3-1-4-8-13/h1,3-4,7-8,14-15H,2,5-6,9-12H2,(H,18,21)(H,19,20). The van der Waals surface area contributed by atoms with Crippen LogP contribution in [-0.4, -0.2) is 35.9 Å². The molecule has 0 saturated heterocycles. The Morgan fingerprint density at radius 2 is 1.87 bits per heavy atom. The van der Waals surface area contributed by atoms with E-state index in [9.17, 15) is 14.7 Å². The molecule has 0 radical (unpaired) electrons. The number of carboxylic acid groups (broad SMARTS) is 1. The van der Waals surface area contributed by atoms with Gasteiger partial charge >= 0.3 is 12.1 Å². The Bertz CT molecular complexity index is 499. The summed E-state index contributed by atoms with van der Waals surface area (Å²) < 4.78 is 10.7. The van der Waals surface area contributed by atoms with Crippen LogP contribution in [-0.2, 0) is 20.9 Å². The van der Waals surface area contributed by atoms with Crippen molar-refractivity contribution in [3.8, 4) is 0 Å². The third-order valence-electron chi connectivity index (χ3n) is 3.85. The lowest BCUT2D eigenvalue weighted by atomic mass is 9.98. The molecule has 1 aliphatic carbocycles. The average Bonchev–Trinajstić information content (AvgIpc) is 2.58. The fourth-order valence-corrected chi connectivity index (χ4v) is 2.55. The summed E-state index contributed by atoms with van der Waals surface area (Å²) in [4.78, 5) is 23.0. The minimum absolute atomic E-state index is 0.0412. The number of nitrogens with one attached hydrogen (secondary N) is 1. The first-order valence-corrected chi connectivity index (χ1v) is 7.97. The van der Waals surface area contributed by atoms with Crippen molar-refractivity contribution in [1.82, 2.24) is 5.32 Å². The zero-order valence-electron chi connectivity index (χ0n) is 13.1. The number of ether oxygens (including phenoxy) is 2. The van der Waals surface area contributed by atoms with Gasteiger partial charge in [-0.1, -0.05) is 49.6 Å². The van der Waals surface area contributed by atoms with E-state index in [0.717, 1.165) is 31.2 Å². The number of hydrogen-bond acceptors (Lipinski definition) is 4. The minimum Gasteiger partial charge on any atom is -0.480 e. The number of amides is 1. The molecule has 1 aromatic carbocycles. The summed E-state index contributed by atoms with van der Waals surface area (Å²) in [6.07, 6.45) is 4.65. The van der Waals surface area contributed by atoms with Crippen molar-refractivity contribution >= 4 is 12.1 Å². The van der Waals surface area contributed by atoms with Crippen LogP contribution in [0, 0.1) is 0 Å². The number of rotatable bonds is 7. The van der Waals surface area contributed by atoms with E-state index in [1.807, 2.05) is 30.3 Å². The Kier molecular flexibility index (Phi) is 6.87. The van der Waals surface area contributed by atoms with Crippen LogP contribution in [0.15, 0.2) is 30.3 Å². The lowest BCUT2D eigenvalue weighted by molar-refractivity contribution is -0.141. The molecule has 1 amide bonds. The molecule has 23 heavy (non-hydrogen) atoms. The second-order valence-corrected chi connectivity index (χ2v) is 5.69. The van der Waals surface area contributed by atoms with Crippen LogP contribution >= 0.6 is 0 Å². The Hall–Kier alpha value is -2.08. The van der Waals surface area contributed by atoms with E-state index >= 15 is 0 Å². The number of carbonyl (C=O) groups excluding carboxylic acids is 1. The summed E-state index contributed by atoms with van der Waals surface area (Å²) in [6.45, 7) is 0.0585. The molecule has 1 aromatic rings. The van der Waals surface area contributed by atoms with Gasteiger partial charge < -0.3 is 19.9 Å². The zero-order chi connectivity index (χ0) is 16.5. The SMILES string of the molecule is O=C(NC(COC1CCCCC1)C(=O)O)OCc1ccccc1. The van der Waals surface area contributed by atoms with E-state index in [4.69, 9.17) is 9.47 Å².